The highest BCUT2D eigenvalue weighted by Gasteiger charge is 2.32. The monoisotopic (exact) mass is 252 g/mol. The van der Waals surface area contributed by atoms with Gasteiger partial charge < -0.3 is 20.4 Å². The number of aliphatic hydroxyl groups is 2. The normalized spacial score (nSPS) is 23.8. The molecule has 2 rings (SSSR count). The molecule has 3 N–H and O–H groups in total. The molecule has 100 valence electrons. The van der Waals surface area contributed by atoms with Gasteiger partial charge in [0.25, 0.3) is 0 Å². The molecule has 1 aromatic rings. The summed E-state index contributed by atoms with van der Waals surface area (Å²) < 4.78 is 0. The first-order valence-electron chi connectivity index (χ1n) is 6.18. The Morgan fingerprint density at radius 3 is 2.39 bits per heavy atom. The zero-order valence-electron chi connectivity index (χ0n) is 11.0. The summed E-state index contributed by atoms with van der Waals surface area (Å²) in [7, 11) is 1.83. The topological polar surface area (TPSA) is 81.5 Å². The van der Waals surface area contributed by atoms with Gasteiger partial charge in [-0.2, -0.15) is 0 Å². The molecule has 0 radical (unpaired) electrons. The molecule has 1 aromatic heterocycles. The van der Waals surface area contributed by atoms with Gasteiger partial charge in [-0.3, -0.25) is 0 Å². The van der Waals surface area contributed by atoms with Gasteiger partial charge in [-0.15, -0.1) is 0 Å². The van der Waals surface area contributed by atoms with Gasteiger partial charge in [0.15, 0.2) is 0 Å². The van der Waals surface area contributed by atoms with Crippen molar-refractivity contribution in [3.63, 3.8) is 0 Å². The molecule has 18 heavy (non-hydrogen) atoms. The van der Waals surface area contributed by atoms with E-state index in [9.17, 15) is 10.2 Å². The van der Waals surface area contributed by atoms with E-state index < -0.39 is 12.2 Å². The number of rotatable bonds is 3. The van der Waals surface area contributed by atoms with Gasteiger partial charge in [0.1, 0.15) is 18.0 Å². The van der Waals surface area contributed by atoms with Crippen LogP contribution in [-0.4, -0.2) is 52.5 Å². The van der Waals surface area contributed by atoms with Gasteiger partial charge in [0.05, 0.1) is 12.2 Å². The molecule has 0 saturated carbocycles. The third kappa shape index (κ3) is 2.26. The lowest BCUT2D eigenvalue weighted by molar-refractivity contribution is 0.0572. The van der Waals surface area contributed by atoms with Crippen LogP contribution in [0.4, 0.5) is 11.6 Å². The summed E-state index contributed by atoms with van der Waals surface area (Å²) in [6.07, 6.45) is 0.0837. The highest BCUT2D eigenvalue weighted by atomic mass is 16.3. The summed E-state index contributed by atoms with van der Waals surface area (Å²) in [5.74, 6) is 1.85. The van der Waals surface area contributed by atoms with Crippen molar-refractivity contribution < 1.29 is 10.2 Å². The van der Waals surface area contributed by atoms with Crippen LogP contribution in [0, 0.1) is 0 Å². The highest BCUT2D eigenvalue weighted by Crippen LogP contribution is 2.32. The summed E-state index contributed by atoms with van der Waals surface area (Å²) in [6.45, 7) is 4.96. The number of hydrogen-bond donors (Lipinski definition) is 3. The Balaban J connectivity index is 2.38. The molecule has 2 heterocycles. The Labute approximate surface area is 107 Å². The van der Waals surface area contributed by atoms with Crippen molar-refractivity contribution in [2.45, 2.75) is 32.0 Å². The first-order chi connectivity index (χ1) is 8.54. The number of aliphatic hydroxyl groups excluding tert-OH is 2. The number of aromatic nitrogens is 2. The van der Waals surface area contributed by atoms with E-state index in [2.05, 4.69) is 29.1 Å². The quantitative estimate of drug-likeness (QED) is 0.712. The molecule has 1 aliphatic heterocycles. The fourth-order valence-corrected chi connectivity index (χ4v) is 2.31. The number of anilines is 2. The average molecular weight is 252 g/mol. The van der Waals surface area contributed by atoms with Crippen LogP contribution in [0.2, 0.25) is 0 Å². The van der Waals surface area contributed by atoms with Crippen molar-refractivity contribution in [1.82, 2.24) is 9.97 Å². The molecule has 6 nitrogen and oxygen atoms in total. The second-order valence-electron chi connectivity index (χ2n) is 4.90. The predicted octanol–water partition coefficient (Wildman–Crippen LogP) is 0.183. The molecule has 0 aliphatic carbocycles. The van der Waals surface area contributed by atoms with Crippen molar-refractivity contribution in [3.8, 4) is 0 Å². The maximum absolute atomic E-state index is 9.63. The molecule has 1 fully saturated rings. The van der Waals surface area contributed by atoms with Crippen LogP contribution < -0.4 is 10.2 Å². The maximum atomic E-state index is 9.63. The van der Waals surface area contributed by atoms with Crippen LogP contribution >= 0.6 is 0 Å². The minimum absolute atomic E-state index is 0.263. The molecule has 0 bridgehead atoms. The van der Waals surface area contributed by atoms with Crippen molar-refractivity contribution in [2.75, 3.05) is 30.4 Å². The van der Waals surface area contributed by atoms with Crippen molar-refractivity contribution in [1.29, 1.82) is 0 Å². The standard InChI is InChI=1S/C12H20N4O2/c1-7(2)10-11(13-3)14-6-15-12(10)16-4-8(17)9(18)5-16/h6-9,17-18H,4-5H2,1-3H3,(H,13,14,15). The molecular weight excluding hydrogens is 232 g/mol. The Kier molecular flexibility index (Phi) is 3.68. The van der Waals surface area contributed by atoms with E-state index in [1.807, 2.05) is 11.9 Å². The minimum atomic E-state index is -0.710. The van der Waals surface area contributed by atoms with Crippen LogP contribution in [0.3, 0.4) is 0 Å². The number of hydrogen-bond acceptors (Lipinski definition) is 6. The molecule has 2 atom stereocenters. The van der Waals surface area contributed by atoms with E-state index in [0.717, 1.165) is 17.2 Å². The van der Waals surface area contributed by atoms with Gasteiger partial charge in [0.2, 0.25) is 0 Å². The van der Waals surface area contributed by atoms with Gasteiger partial charge in [-0.1, -0.05) is 13.8 Å². The largest absolute Gasteiger partial charge is 0.389 e. The van der Waals surface area contributed by atoms with Gasteiger partial charge in [-0.25, -0.2) is 9.97 Å². The lowest BCUT2D eigenvalue weighted by Crippen LogP contribution is -2.24. The Morgan fingerprint density at radius 1 is 1.28 bits per heavy atom. The Bertz CT molecular complexity index is 415. The van der Waals surface area contributed by atoms with E-state index in [1.165, 1.54) is 6.33 Å². The zero-order chi connectivity index (χ0) is 13.3. The first-order valence-corrected chi connectivity index (χ1v) is 6.18. The van der Waals surface area contributed by atoms with Crippen molar-refractivity contribution >= 4 is 11.6 Å². The number of nitrogens with one attached hydrogen (secondary N) is 1. The third-order valence-electron chi connectivity index (χ3n) is 3.24. The summed E-state index contributed by atoms with van der Waals surface area (Å²) in [4.78, 5) is 10.4. The molecule has 0 amide bonds. The zero-order valence-corrected chi connectivity index (χ0v) is 11.0. The Morgan fingerprint density at radius 2 is 1.89 bits per heavy atom. The van der Waals surface area contributed by atoms with Crippen LogP contribution in [0.25, 0.3) is 0 Å². The van der Waals surface area contributed by atoms with Crippen molar-refractivity contribution in [2.24, 2.45) is 0 Å². The summed E-state index contributed by atoms with van der Waals surface area (Å²) >= 11 is 0. The van der Waals surface area contributed by atoms with Gasteiger partial charge in [0, 0.05) is 25.7 Å². The molecule has 0 aromatic carbocycles. The molecule has 1 aliphatic rings. The van der Waals surface area contributed by atoms with Crippen molar-refractivity contribution in [3.05, 3.63) is 11.9 Å². The van der Waals surface area contributed by atoms with E-state index in [-0.39, 0.29) is 5.92 Å². The molecular formula is C12H20N4O2. The SMILES string of the molecule is CNc1ncnc(N2CC(O)C(O)C2)c1C(C)C. The van der Waals surface area contributed by atoms with Gasteiger partial charge >= 0.3 is 0 Å². The average Bonchev–Trinajstić information content (AvgIpc) is 2.68. The number of nitrogens with zero attached hydrogens (tertiary/aromatic N) is 3. The second-order valence-corrected chi connectivity index (χ2v) is 4.90. The fraction of sp³-hybridized carbons (Fsp3) is 0.667. The molecule has 2 unspecified atom stereocenters. The van der Waals surface area contributed by atoms with E-state index in [0.29, 0.717) is 13.1 Å². The van der Waals surface area contributed by atoms with Crippen LogP contribution in [0.1, 0.15) is 25.3 Å². The second kappa shape index (κ2) is 5.07. The molecule has 6 heteroatoms. The summed E-state index contributed by atoms with van der Waals surface area (Å²) in [5.41, 5.74) is 1.02. The lowest BCUT2D eigenvalue weighted by atomic mass is 10.0. The third-order valence-corrected chi connectivity index (χ3v) is 3.24. The van der Waals surface area contributed by atoms with E-state index in [4.69, 9.17) is 0 Å². The van der Waals surface area contributed by atoms with E-state index in [1.54, 1.807) is 0 Å². The number of β-amino-alcohol motifs (C(OH)–C–C–N with tert-alkyl or cyclic N) is 2. The van der Waals surface area contributed by atoms with Crippen LogP contribution in [0.5, 0.6) is 0 Å². The van der Waals surface area contributed by atoms with Gasteiger partial charge in [-0.05, 0) is 5.92 Å². The molecule has 0 spiro atoms. The Hall–Kier alpha value is -1.40. The fourth-order valence-electron chi connectivity index (χ4n) is 2.31. The minimum Gasteiger partial charge on any atom is -0.389 e. The maximum Gasteiger partial charge on any atom is 0.137 e. The highest BCUT2D eigenvalue weighted by molar-refractivity contribution is 5.60. The first kappa shape index (κ1) is 13.0. The smallest absolute Gasteiger partial charge is 0.137 e. The predicted molar refractivity (Wildman–Crippen MR) is 69.9 cm³/mol. The van der Waals surface area contributed by atoms with Crippen LogP contribution in [-0.2, 0) is 0 Å². The molecule has 1 saturated heterocycles. The van der Waals surface area contributed by atoms with E-state index >= 15 is 0 Å². The lowest BCUT2D eigenvalue weighted by Gasteiger charge is -2.23. The summed E-state index contributed by atoms with van der Waals surface area (Å²) in [6, 6.07) is 0. The van der Waals surface area contributed by atoms with Crippen LogP contribution in [0.15, 0.2) is 6.33 Å². The summed E-state index contributed by atoms with van der Waals surface area (Å²) in [5, 5.41) is 22.3.